The predicted octanol–water partition coefficient (Wildman–Crippen LogP) is -0.103. The highest BCUT2D eigenvalue weighted by atomic mass is 32.2. The summed E-state index contributed by atoms with van der Waals surface area (Å²) in [5.74, 6) is -0.268. The first-order valence-electron chi connectivity index (χ1n) is 6.24. The van der Waals surface area contributed by atoms with Gasteiger partial charge in [-0.05, 0) is 30.7 Å². The van der Waals surface area contributed by atoms with Gasteiger partial charge in [0.05, 0.1) is 11.4 Å². The molecule has 0 aliphatic heterocycles. The number of rotatable bonds is 6. The van der Waals surface area contributed by atoms with E-state index in [1.54, 1.807) is 26.2 Å². The van der Waals surface area contributed by atoms with E-state index in [0.717, 1.165) is 9.87 Å². The number of nitrogens with two attached hydrogens (primary N) is 1. The van der Waals surface area contributed by atoms with E-state index in [4.69, 9.17) is 5.73 Å². The van der Waals surface area contributed by atoms with Crippen LogP contribution < -0.4 is 5.73 Å². The van der Waals surface area contributed by atoms with Crippen LogP contribution in [-0.4, -0.2) is 57.8 Å². The maximum atomic E-state index is 12.3. The Kier molecular flexibility index (Phi) is 5.67. The number of benzene rings is 1. The van der Waals surface area contributed by atoms with Gasteiger partial charge in [0.2, 0.25) is 15.9 Å². The summed E-state index contributed by atoms with van der Waals surface area (Å²) < 4.78 is 25.6. The minimum Gasteiger partial charge on any atom is -0.348 e. The number of hydrogen-bond acceptors (Lipinski definition) is 4. The molecule has 0 saturated carbocycles. The summed E-state index contributed by atoms with van der Waals surface area (Å²) in [6.07, 6.45) is 0.704. The van der Waals surface area contributed by atoms with E-state index in [0.29, 0.717) is 13.0 Å². The maximum Gasteiger partial charge on any atom is 0.243 e. The van der Waals surface area contributed by atoms with Crippen molar-refractivity contribution in [3.05, 3.63) is 29.8 Å². The maximum absolute atomic E-state index is 12.3. The fourth-order valence-corrected chi connectivity index (χ4v) is 2.71. The molecule has 1 amide bonds. The van der Waals surface area contributed by atoms with Crippen molar-refractivity contribution < 1.29 is 13.2 Å². The second-order valence-corrected chi connectivity index (χ2v) is 6.78. The quantitative estimate of drug-likeness (QED) is 0.795. The molecule has 1 aromatic rings. The fraction of sp³-hybridized carbons (Fsp3) is 0.462. The highest BCUT2D eigenvalue weighted by Gasteiger charge is 2.23. The molecule has 0 spiro atoms. The van der Waals surface area contributed by atoms with E-state index >= 15 is 0 Å². The van der Waals surface area contributed by atoms with Gasteiger partial charge in [0.1, 0.15) is 0 Å². The van der Waals surface area contributed by atoms with Crippen LogP contribution in [0.1, 0.15) is 5.56 Å². The number of sulfonamides is 1. The van der Waals surface area contributed by atoms with Gasteiger partial charge in [0.15, 0.2) is 0 Å². The lowest BCUT2D eigenvalue weighted by Crippen LogP contribution is -2.37. The monoisotopic (exact) mass is 299 g/mol. The minimum atomic E-state index is -3.64. The first kappa shape index (κ1) is 16.6. The molecule has 0 aliphatic rings. The Morgan fingerprint density at radius 3 is 2.15 bits per heavy atom. The number of hydrogen-bond donors (Lipinski definition) is 1. The van der Waals surface area contributed by atoms with Crippen LogP contribution in [-0.2, 0) is 21.2 Å². The predicted molar refractivity (Wildman–Crippen MR) is 77.7 cm³/mol. The molecule has 112 valence electrons. The van der Waals surface area contributed by atoms with Crippen molar-refractivity contribution in [1.29, 1.82) is 0 Å². The third-order valence-corrected chi connectivity index (χ3v) is 4.74. The van der Waals surface area contributed by atoms with Gasteiger partial charge in [-0.25, -0.2) is 8.42 Å². The first-order chi connectivity index (χ1) is 9.28. The largest absolute Gasteiger partial charge is 0.348 e. The van der Waals surface area contributed by atoms with Gasteiger partial charge in [-0.15, -0.1) is 0 Å². The summed E-state index contributed by atoms with van der Waals surface area (Å²) in [6, 6.07) is 6.55. The molecule has 0 saturated heterocycles. The van der Waals surface area contributed by atoms with Crippen LogP contribution in [0.25, 0.3) is 0 Å². The van der Waals surface area contributed by atoms with E-state index < -0.39 is 10.0 Å². The zero-order valence-corrected chi connectivity index (χ0v) is 12.9. The van der Waals surface area contributed by atoms with Crippen molar-refractivity contribution >= 4 is 15.9 Å². The normalized spacial score (nSPS) is 11.7. The van der Waals surface area contributed by atoms with Gasteiger partial charge < -0.3 is 10.6 Å². The van der Waals surface area contributed by atoms with Gasteiger partial charge in [0.25, 0.3) is 0 Å². The smallest absolute Gasteiger partial charge is 0.243 e. The minimum absolute atomic E-state index is 0.173. The van der Waals surface area contributed by atoms with Gasteiger partial charge >= 0.3 is 0 Å². The molecule has 0 bridgehead atoms. The van der Waals surface area contributed by atoms with E-state index in [9.17, 15) is 13.2 Å². The Morgan fingerprint density at radius 1 is 1.15 bits per heavy atom. The van der Waals surface area contributed by atoms with E-state index in [1.807, 2.05) is 0 Å². The Labute approximate surface area is 120 Å². The molecule has 2 N–H and O–H groups in total. The molecule has 7 heteroatoms. The Hall–Kier alpha value is -1.44. The number of likely N-dealkylation sites (N-methyl/N-ethyl adjacent to an activating group) is 2. The van der Waals surface area contributed by atoms with Gasteiger partial charge in [-0.1, -0.05) is 12.1 Å². The van der Waals surface area contributed by atoms with Gasteiger partial charge in [-0.2, -0.15) is 4.31 Å². The Morgan fingerprint density at radius 2 is 1.70 bits per heavy atom. The molecule has 1 rings (SSSR count). The van der Waals surface area contributed by atoms with Crippen LogP contribution in [0.2, 0.25) is 0 Å². The number of amides is 1. The average Bonchev–Trinajstić information content (AvgIpc) is 2.39. The fourth-order valence-electron chi connectivity index (χ4n) is 1.59. The van der Waals surface area contributed by atoms with Crippen LogP contribution in [0.4, 0.5) is 0 Å². The van der Waals surface area contributed by atoms with Crippen LogP contribution >= 0.6 is 0 Å². The molecule has 20 heavy (non-hydrogen) atoms. The van der Waals surface area contributed by atoms with E-state index in [1.165, 1.54) is 24.1 Å². The summed E-state index contributed by atoms with van der Waals surface area (Å²) in [4.78, 5) is 13.1. The first-order valence-corrected chi connectivity index (χ1v) is 7.68. The lowest BCUT2D eigenvalue weighted by molar-refractivity contribution is -0.128. The number of carbonyl (C=O) groups excluding carboxylic acids is 1. The van der Waals surface area contributed by atoms with Crippen molar-refractivity contribution in [3.63, 3.8) is 0 Å². The number of carbonyl (C=O) groups is 1. The third kappa shape index (κ3) is 4.03. The topological polar surface area (TPSA) is 83.7 Å². The number of nitrogens with zero attached hydrogens (tertiary/aromatic N) is 2. The Balaban J connectivity index is 2.89. The second-order valence-electron chi connectivity index (χ2n) is 4.73. The summed E-state index contributed by atoms with van der Waals surface area (Å²) in [7, 11) is 0.924. The van der Waals surface area contributed by atoms with Crippen molar-refractivity contribution in [2.75, 3.05) is 34.2 Å². The van der Waals surface area contributed by atoms with E-state index in [-0.39, 0.29) is 17.3 Å². The van der Waals surface area contributed by atoms with Crippen LogP contribution in [0.15, 0.2) is 29.2 Å². The van der Waals surface area contributed by atoms with Gasteiger partial charge in [-0.3, -0.25) is 4.79 Å². The molecule has 0 aliphatic carbocycles. The molecule has 1 aromatic carbocycles. The average molecular weight is 299 g/mol. The standard InChI is InChI=1S/C13H21N3O3S/c1-15(2)13(17)10-16(3)20(18,19)12-6-4-11(5-7-12)8-9-14/h4-7H,8-10,14H2,1-3H3. The van der Waals surface area contributed by atoms with E-state index in [2.05, 4.69) is 0 Å². The molecule has 0 unspecified atom stereocenters. The highest BCUT2D eigenvalue weighted by Crippen LogP contribution is 2.15. The summed E-state index contributed by atoms with van der Waals surface area (Å²) >= 11 is 0. The van der Waals surface area contributed by atoms with Crippen molar-refractivity contribution in [1.82, 2.24) is 9.21 Å². The van der Waals surface area contributed by atoms with Crippen LogP contribution in [0.5, 0.6) is 0 Å². The zero-order chi connectivity index (χ0) is 15.3. The molecule has 6 nitrogen and oxygen atoms in total. The molecule has 0 aromatic heterocycles. The third-order valence-electron chi connectivity index (χ3n) is 2.92. The molecule has 0 radical (unpaired) electrons. The highest BCUT2D eigenvalue weighted by molar-refractivity contribution is 7.89. The molecule has 0 atom stereocenters. The molecular weight excluding hydrogens is 278 g/mol. The second kappa shape index (κ2) is 6.83. The molecule has 0 heterocycles. The summed E-state index contributed by atoms with van der Waals surface area (Å²) in [6.45, 7) is 0.337. The SMILES string of the molecule is CN(C)C(=O)CN(C)S(=O)(=O)c1ccc(CCN)cc1. The summed E-state index contributed by atoms with van der Waals surface area (Å²) in [5.41, 5.74) is 6.43. The van der Waals surface area contributed by atoms with Crippen molar-refractivity contribution in [3.8, 4) is 0 Å². The van der Waals surface area contributed by atoms with Crippen molar-refractivity contribution in [2.24, 2.45) is 5.73 Å². The van der Waals surface area contributed by atoms with Gasteiger partial charge in [0, 0.05) is 21.1 Å². The lowest BCUT2D eigenvalue weighted by Gasteiger charge is -2.19. The van der Waals surface area contributed by atoms with Crippen molar-refractivity contribution in [2.45, 2.75) is 11.3 Å². The van der Waals surface area contributed by atoms with Crippen LogP contribution in [0.3, 0.4) is 0 Å². The molecular formula is C13H21N3O3S. The summed E-state index contributed by atoms with van der Waals surface area (Å²) in [5, 5.41) is 0. The lowest BCUT2D eigenvalue weighted by atomic mass is 10.2. The Bertz CT molecular complexity index is 553. The van der Waals surface area contributed by atoms with Crippen LogP contribution in [0, 0.1) is 0 Å². The molecule has 0 fully saturated rings. The zero-order valence-electron chi connectivity index (χ0n) is 12.0.